The first kappa shape index (κ1) is 12.9. The standard InChI is InChI=1S/C13H16ClN3O/c1-18-12-5-3-2-4-11(12)9-17-13(14)10(6-7-15)8-16-17/h2-5,8H,6-7,9,15H2,1H3. The van der Waals surface area contributed by atoms with E-state index in [1.54, 1.807) is 18.0 Å². The molecule has 1 heterocycles. The molecule has 4 nitrogen and oxygen atoms in total. The molecule has 0 spiro atoms. The van der Waals surface area contributed by atoms with Crippen LogP contribution in [0.2, 0.25) is 5.15 Å². The number of halogens is 1. The van der Waals surface area contributed by atoms with Gasteiger partial charge < -0.3 is 10.5 Å². The lowest BCUT2D eigenvalue weighted by atomic mass is 10.2. The second kappa shape index (κ2) is 5.89. The van der Waals surface area contributed by atoms with E-state index in [9.17, 15) is 0 Å². The molecule has 0 fully saturated rings. The number of rotatable bonds is 5. The number of nitrogens with zero attached hydrogens (tertiary/aromatic N) is 2. The Morgan fingerprint density at radius 1 is 1.33 bits per heavy atom. The molecule has 0 radical (unpaired) electrons. The summed E-state index contributed by atoms with van der Waals surface area (Å²) in [5.74, 6) is 0.837. The highest BCUT2D eigenvalue weighted by Gasteiger charge is 2.10. The zero-order chi connectivity index (χ0) is 13.0. The summed E-state index contributed by atoms with van der Waals surface area (Å²) in [7, 11) is 1.66. The summed E-state index contributed by atoms with van der Waals surface area (Å²) < 4.78 is 7.06. The molecule has 1 aromatic carbocycles. The van der Waals surface area contributed by atoms with Gasteiger partial charge in [0.2, 0.25) is 0 Å². The second-order valence-corrected chi connectivity index (χ2v) is 4.33. The van der Waals surface area contributed by atoms with Gasteiger partial charge in [0, 0.05) is 11.1 Å². The van der Waals surface area contributed by atoms with Gasteiger partial charge in [-0.25, -0.2) is 4.68 Å². The normalized spacial score (nSPS) is 10.6. The van der Waals surface area contributed by atoms with Gasteiger partial charge in [0.25, 0.3) is 0 Å². The number of nitrogens with two attached hydrogens (primary N) is 1. The molecular formula is C13H16ClN3O. The average molecular weight is 266 g/mol. The van der Waals surface area contributed by atoms with Crippen LogP contribution >= 0.6 is 11.6 Å². The predicted octanol–water partition coefficient (Wildman–Crippen LogP) is 2.09. The number of ether oxygens (including phenoxy) is 1. The van der Waals surface area contributed by atoms with Crippen LogP contribution in [0.15, 0.2) is 30.5 Å². The molecule has 0 unspecified atom stereocenters. The molecule has 2 N–H and O–H groups in total. The third-order valence-electron chi connectivity index (χ3n) is 2.77. The second-order valence-electron chi connectivity index (χ2n) is 3.97. The molecule has 0 aliphatic heterocycles. The summed E-state index contributed by atoms with van der Waals surface area (Å²) in [5, 5.41) is 4.92. The fourth-order valence-electron chi connectivity index (χ4n) is 1.84. The van der Waals surface area contributed by atoms with Crippen molar-refractivity contribution in [2.75, 3.05) is 13.7 Å². The number of methoxy groups -OCH3 is 1. The van der Waals surface area contributed by atoms with E-state index >= 15 is 0 Å². The molecule has 0 saturated heterocycles. The van der Waals surface area contributed by atoms with Crippen molar-refractivity contribution in [3.05, 3.63) is 46.7 Å². The van der Waals surface area contributed by atoms with Gasteiger partial charge in [-0.2, -0.15) is 5.10 Å². The zero-order valence-electron chi connectivity index (χ0n) is 10.3. The van der Waals surface area contributed by atoms with Crippen LogP contribution in [-0.2, 0) is 13.0 Å². The Bertz CT molecular complexity index is 525. The molecule has 2 rings (SSSR count). The van der Waals surface area contributed by atoms with Gasteiger partial charge in [-0.15, -0.1) is 0 Å². The first-order chi connectivity index (χ1) is 8.76. The predicted molar refractivity (Wildman–Crippen MR) is 72.1 cm³/mol. The Balaban J connectivity index is 2.23. The number of para-hydroxylation sites is 1. The van der Waals surface area contributed by atoms with Crippen LogP contribution in [0.25, 0.3) is 0 Å². The molecule has 0 bridgehead atoms. The van der Waals surface area contributed by atoms with Crippen molar-refractivity contribution in [1.82, 2.24) is 9.78 Å². The smallest absolute Gasteiger partial charge is 0.130 e. The average Bonchev–Trinajstić information content (AvgIpc) is 2.73. The van der Waals surface area contributed by atoms with Crippen molar-refractivity contribution in [2.45, 2.75) is 13.0 Å². The fourth-order valence-corrected chi connectivity index (χ4v) is 2.08. The number of benzene rings is 1. The van der Waals surface area contributed by atoms with Crippen molar-refractivity contribution in [3.8, 4) is 5.75 Å². The van der Waals surface area contributed by atoms with Gasteiger partial charge in [0.05, 0.1) is 19.9 Å². The van der Waals surface area contributed by atoms with Crippen LogP contribution in [0.4, 0.5) is 0 Å². The Hall–Kier alpha value is -1.52. The molecule has 0 amide bonds. The van der Waals surface area contributed by atoms with Gasteiger partial charge >= 0.3 is 0 Å². The number of aromatic nitrogens is 2. The Labute approximate surface area is 111 Å². The van der Waals surface area contributed by atoms with E-state index in [0.29, 0.717) is 18.2 Å². The van der Waals surface area contributed by atoms with Gasteiger partial charge in [0.15, 0.2) is 0 Å². The summed E-state index contributed by atoms with van der Waals surface area (Å²) in [6.45, 7) is 1.16. The molecule has 0 aliphatic rings. The zero-order valence-corrected chi connectivity index (χ0v) is 11.0. The molecule has 18 heavy (non-hydrogen) atoms. The van der Waals surface area contributed by atoms with Crippen LogP contribution in [-0.4, -0.2) is 23.4 Å². The summed E-state index contributed by atoms with van der Waals surface area (Å²) >= 11 is 6.25. The minimum Gasteiger partial charge on any atom is -0.496 e. The molecule has 96 valence electrons. The van der Waals surface area contributed by atoms with Crippen molar-refractivity contribution in [3.63, 3.8) is 0 Å². The maximum atomic E-state index is 6.25. The van der Waals surface area contributed by atoms with Gasteiger partial charge in [-0.1, -0.05) is 29.8 Å². The van der Waals surface area contributed by atoms with Crippen LogP contribution in [0.3, 0.4) is 0 Å². The molecule has 0 atom stereocenters. The third-order valence-corrected chi connectivity index (χ3v) is 3.21. The summed E-state index contributed by atoms with van der Waals surface area (Å²) in [5.41, 5.74) is 7.55. The lowest BCUT2D eigenvalue weighted by Gasteiger charge is -2.09. The topological polar surface area (TPSA) is 53.1 Å². The van der Waals surface area contributed by atoms with Crippen LogP contribution in [0, 0.1) is 0 Å². The molecule has 1 aromatic heterocycles. The van der Waals surface area contributed by atoms with Crippen molar-refractivity contribution < 1.29 is 4.74 Å². The molecule has 0 aliphatic carbocycles. The van der Waals surface area contributed by atoms with E-state index in [0.717, 1.165) is 23.3 Å². The lowest BCUT2D eigenvalue weighted by molar-refractivity contribution is 0.407. The van der Waals surface area contributed by atoms with E-state index in [1.807, 2.05) is 24.3 Å². The molecule has 5 heteroatoms. The van der Waals surface area contributed by atoms with Crippen LogP contribution in [0.5, 0.6) is 5.75 Å². The fraction of sp³-hybridized carbons (Fsp3) is 0.308. The van der Waals surface area contributed by atoms with E-state index in [2.05, 4.69) is 5.10 Å². The van der Waals surface area contributed by atoms with E-state index < -0.39 is 0 Å². The Morgan fingerprint density at radius 2 is 2.11 bits per heavy atom. The summed E-state index contributed by atoms with van der Waals surface area (Å²) in [6.07, 6.45) is 2.51. The minimum absolute atomic E-state index is 0.570. The Morgan fingerprint density at radius 3 is 2.83 bits per heavy atom. The maximum Gasteiger partial charge on any atom is 0.130 e. The number of hydrogen-bond donors (Lipinski definition) is 1. The number of hydrogen-bond acceptors (Lipinski definition) is 3. The van der Waals surface area contributed by atoms with Crippen molar-refractivity contribution in [2.24, 2.45) is 5.73 Å². The van der Waals surface area contributed by atoms with Crippen molar-refractivity contribution in [1.29, 1.82) is 0 Å². The van der Waals surface area contributed by atoms with Gasteiger partial charge in [-0.05, 0) is 19.0 Å². The van der Waals surface area contributed by atoms with Crippen LogP contribution in [0.1, 0.15) is 11.1 Å². The third kappa shape index (κ3) is 2.66. The van der Waals surface area contributed by atoms with Gasteiger partial charge in [0.1, 0.15) is 10.9 Å². The largest absolute Gasteiger partial charge is 0.496 e. The summed E-state index contributed by atoms with van der Waals surface area (Å²) in [4.78, 5) is 0. The maximum absolute atomic E-state index is 6.25. The van der Waals surface area contributed by atoms with E-state index in [1.165, 1.54) is 0 Å². The van der Waals surface area contributed by atoms with Gasteiger partial charge in [-0.3, -0.25) is 0 Å². The van der Waals surface area contributed by atoms with E-state index in [-0.39, 0.29) is 0 Å². The summed E-state index contributed by atoms with van der Waals surface area (Å²) in [6, 6.07) is 7.83. The molecule has 0 saturated carbocycles. The first-order valence-corrected chi connectivity index (χ1v) is 6.16. The molecular weight excluding hydrogens is 250 g/mol. The highest BCUT2D eigenvalue weighted by Crippen LogP contribution is 2.22. The molecule has 2 aromatic rings. The lowest BCUT2D eigenvalue weighted by Crippen LogP contribution is -2.05. The Kier molecular flexibility index (Phi) is 4.23. The van der Waals surface area contributed by atoms with E-state index in [4.69, 9.17) is 22.1 Å². The highest BCUT2D eigenvalue weighted by atomic mass is 35.5. The van der Waals surface area contributed by atoms with Crippen LogP contribution < -0.4 is 10.5 Å². The monoisotopic (exact) mass is 265 g/mol. The minimum atomic E-state index is 0.570. The van der Waals surface area contributed by atoms with Crippen molar-refractivity contribution >= 4 is 11.6 Å². The SMILES string of the molecule is COc1ccccc1Cn1ncc(CCN)c1Cl. The first-order valence-electron chi connectivity index (χ1n) is 5.78. The quantitative estimate of drug-likeness (QED) is 0.901. The highest BCUT2D eigenvalue weighted by molar-refractivity contribution is 6.30.